The molecule has 1 aromatic carbocycles. The second-order valence-corrected chi connectivity index (χ2v) is 9.78. The molecular formula is C19H21FN4O3S2. The Morgan fingerprint density at radius 3 is 2.62 bits per heavy atom. The van der Waals surface area contributed by atoms with E-state index >= 15 is 0 Å². The molecular weight excluding hydrogens is 415 g/mol. The zero-order valence-electron chi connectivity index (χ0n) is 16.2. The first-order valence-electron chi connectivity index (χ1n) is 8.80. The van der Waals surface area contributed by atoms with E-state index < -0.39 is 15.9 Å². The van der Waals surface area contributed by atoms with Gasteiger partial charge in [0.05, 0.1) is 24.5 Å². The van der Waals surface area contributed by atoms with Gasteiger partial charge in [-0.15, -0.1) is 11.3 Å². The fourth-order valence-electron chi connectivity index (χ4n) is 2.91. The first-order valence-corrected chi connectivity index (χ1v) is 11.1. The van der Waals surface area contributed by atoms with E-state index in [9.17, 15) is 17.6 Å². The van der Waals surface area contributed by atoms with E-state index in [0.717, 1.165) is 26.9 Å². The first-order chi connectivity index (χ1) is 13.7. The van der Waals surface area contributed by atoms with Gasteiger partial charge in [-0.05, 0) is 49.6 Å². The molecule has 0 saturated heterocycles. The molecule has 1 unspecified atom stereocenters. The van der Waals surface area contributed by atoms with E-state index in [1.54, 1.807) is 41.4 Å². The van der Waals surface area contributed by atoms with Crippen LogP contribution in [-0.2, 0) is 14.8 Å². The number of likely N-dealkylation sites (N-methyl/N-ethyl adjacent to an activating group) is 1. The number of nitrogens with zero attached hydrogens (tertiary/aromatic N) is 3. The molecule has 0 saturated carbocycles. The third-order valence-electron chi connectivity index (χ3n) is 4.49. The van der Waals surface area contributed by atoms with E-state index in [1.807, 2.05) is 6.92 Å². The van der Waals surface area contributed by atoms with Crippen LogP contribution in [0.2, 0.25) is 0 Å². The van der Waals surface area contributed by atoms with Crippen LogP contribution in [0.15, 0.2) is 52.2 Å². The third-order valence-corrected chi connectivity index (χ3v) is 7.67. The van der Waals surface area contributed by atoms with Crippen molar-refractivity contribution in [1.82, 2.24) is 19.4 Å². The summed E-state index contributed by atoms with van der Waals surface area (Å²) in [7, 11) is -2.32. The molecule has 10 heteroatoms. The lowest BCUT2D eigenvalue weighted by Gasteiger charge is -2.18. The molecule has 3 aromatic rings. The second kappa shape index (κ2) is 8.44. The number of hydrogen-bond acceptors (Lipinski definition) is 5. The second-order valence-electron chi connectivity index (χ2n) is 6.56. The maximum absolute atomic E-state index is 13.1. The zero-order chi connectivity index (χ0) is 21.2. The van der Waals surface area contributed by atoms with Crippen molar-refractivity contribution < 1.29 is 17.6 Å². The van der Waals surface area contributed by atoms with Crippen LogP contribution in [0.25, 0.3) is 5.69 Å². The molecule has 0 fully saturated rings. The summed E-state index contributed by atoms with van der Waals surface area (Å²) in [4.78, 5) is 12.4. The van der Waals surface area contributed by atoms with Gasteiger partial charge in [0, 0.05) is 18.3 Å². The highest BCUT2D eigenvalue weighted by atomic mass is 32.2. The number of aromatic nitrogens is 2. The van der Waals surface area contributed by atoms with Gasteiger partial charge >= 0.3 is 0 Å². The van der Waals surface area contributed by atoms with Gasteiger partial charge in [0.1, 0.15) is 10.0 Å². The summed E-state index contributed by atoms with van der Waals surface area (Å²) >= 11 is 1.10. The molecule has 0 aliphatic heterocycles. The van der Waals surface area contributed by atoms with E-state index in [-0.39, 0.29) is 22.6 Å². The minimum absolute atomic E-state index is 0.192. The average Bonchev–Trinajstić information content (AvgIpc) is 3.32. The number of thiophene rings is 1. The van der Waals surface area contributed by atoms with Gasteiger partial charge < -0.3 is 5.32 Å². The number of carbonyl (C=O) groups is 1. The topological polar surface area (TPSA) is 84.3 Å². The highest BCUT2D eigenvalue weighted by Crippen LogP contribution is 2.21. The number of halogens is 1. The highest BCUT2D eigenvalue weighted by molar-refractivity contribution is 7.91. The number of rotatable bonds is 7. The molecule has 2 aromatic heterocycles. The van der Waals surface area contributed by atoms with Crippen LogP contribution >= 0.6 is 11.3 Å². The number of nitrogens with one attached hydrogen (secondary N) is 1. The van der Waals surface area contributed by atoms with Crippen molar-refractivity contribution in [2.45, 2.75) is 24.1 Å². The summed E-state index contributed by atoms with van der Waals surface area (Å²) in [5.41, 5.74) is 2.28. The molecule has 0 aliphatic carbocycles. The van der Waals surface area contributed by atoms with E-state index in [0.29, 0.717) is 5.69 Å². The largest absolute Gasteiger partial charge is 0.348 e. The SMILES string of the molecule is Cc1c(C(C)NC(=O)CN(C)S(=O)(=O)c2cccs2)cnn1-c1ccc(F)cc1. The van der Waals surface area contributed by atoms with Crippen LogP contribution in [0.3, 0.4) is 0 Å². The van der Waals surface area contributed by atoms with Crippen LogP contribution in [0.1, 0.15) is 24.2 Å². The van der Waals surface area contributed by atoms with Crippen molar-refractivity contribution in [3.63, 3.8) is 0 Å². The molecule has 1 N–H and O–H groups in total. The molecule has 3 rings (SSSR count). The molecule has 154 valence electrons. The lowest BCUT2D eigenvalue weighted by Crippen LogP contribution is -2.39. The monoisotopic (exact) mass is 436 g/mol. The van der Waals surface area contributed by atoms with Crippen LogP contribution in [0.5, 0.6) is 0 Å². The molecule has 1 amide bonds. The Hall–Kier alpha value is -2.56. The van der Waals surface area contributed by atoms with Gasteiger partial charge in [0.25, 0.3) is 10.0 Å². The van der Waals surface area contributed by atoms with Crippen molar-refractivity contribution in [3.05, 3.63) is 65.0 Å². The Labute approximate surface area is 172 Å². The summed E-state index contributed by atoms with van der Waals surface area (Å²) in [5, 5.41) is 8.79. The minimum atomic E-state index is -3.69. The maximum atomic E-state index is 13.1. The fourth-order valence-corrected chi connectivity index (χ4v) is 5.23. The molecule has 0 bridgehead atoms. The minimum Gasteiger partial charge on any atom is -0.348 e. The van der Waals surface area contributed by atoms with Crippen molar-refractivity contribution >= 4 is 27.3 Å². The zero-order valence-corrected chi connectivity index (χ0v) is 17.8. The molecule has 1 atom stereocenters. The summed E-state index contributed by atoms with van der Waals surface area (Å²) in [6.45, 7) is 3.35. The van der Waals surface area contributed by atoms with E-state index in [4.69, 9.17) is 0 Å². The van der Waals surface area contributed by atoms with Crippen molar-refractivity contribution in [2.24, 2.45) is 0 Å². The molecule has 7 nitrogen and oxygen atoms in total. The Bertz CT molecular complexity index is 1090. The predicted octanol–water partition coefficient (Wildman–Crippen LogP) is 2.88. The Balaban J connectivity index is 1.68. The molecule has 0 spiro atoms. The Morgan fingerprint density at radius 2 is 2.00 bits per heavy atom. The van der Waals surface area contributed by atoms with Crippen molar-refractivity contribution in [1.29, 1.82) is 0 Å². The summed E-state index contributed by atoms with van der Waals surface area (Å²) in [6, 6.07) is 8.71. The standard InChI is InChI=1S/C19H21FN4O3S2/c1-13(17-11-21-24(14(17)2)16-8-6-15(20)7-9-16)22-18(25)12-23(3)29(26,27)19-5-4-10-28-19/h4-11,13H,12H2,1-3H3,(H,22,25). The van der Waals surface area contributed by atoms with Crippen LogP contribution in [0, 0.1) is 12.7 Å². The quantitative estimate of drug-likeness (QED) is 0.617. The van der Waals surface area contributed by atoms with E-state index in [2.05, 4.69) is 10.4 Å². The molecule has 29 heavy (non-hydrogen) atoms. The van der Waals surface area contributed by atoms with Crippen LogP contribution < -0.4 is 5.32 Å². The van der Waals surface area contributed by atoms with E-state index in [1.165, 1.54) is 25.2 Å². The Morgan fingerprint density at radius 1 is 1.31 bits per heavy atom. The molecule has 2 heterocycles. The van der Waals surface area contributed by atoms with Crippen LogP contribution in [0.4, 0.5) is 4.39 Å². The van der Waals surface area contributed by atoms with Gasteiger partial charge in [-0.25, -0.2) is 17.5 Å². The van der Waals surface area contributed by atoms with Gasteiger partial charge in [0.2, 0.25) is 5.91 Å². The summed E-state index contributed by atoms with van der Waals surface area (Å²) < 4.78 is 40.9. The van der Waals surface area contributed by atoms with Gasteiger partial charge in [-0.1, -0.05) is 6.07 Å². The first kappa shape index (κ1) is 21.2. The number of benzene rings is 1. The summed E-state index contributed by atoms with van der Waals surface area (Å²) in [6.07, 6.45) is 1.63. The highest BCUT2D eigenvalue weighted by Gasteiger charge is 2.25. The average molecular weight is 437 g/mol. The molecule has 0 radical (unpaired) electrons. The third kappa shape index (κ3) is 4.55. The number of hydrogen-bond donors (Lipinski definition) is 1. The predicted molar refractivity (Wildman–Crippen MR) is 109 cm³/mol. The van der Waals surface area contributed by atoms with Crippen molar-refractivity contribution in [2.75, 3.05) is 13.6 Å². The Kier molecular flexibility index (Phi) is 6.15. The normalized spacial score (nSPS) is 12.9. The summed E-state index contributed by atoms with van der Waals surface area (Å²) in [5.74, 6) is -0.755. The lowest BCUT2D eigenvalue weighted by atomic mass is 10.1. The fraction of sp³-hybridized carbons (Fsp3) is 0.263. The number of carbonyl (C=O) groups excluding carboxylic acids is 1. The van der Waals surface area contributed by atoms with Gasteiger partial charge in [-0.3, -0.25) is 4.79 Å². The lowest BCUT2D eigenvalue weighted by molar-refractivity contribution is -0.121. The molecule has 0 aliphatic rings. The smallest absolute Gasteiger partial charge is 0.252 e. The number of amides is 1. The number of sulfonamides is 1. The van der Waals surface area contributed by atoms with Crippen molar-refractivity contribution in [3.8, 4) is 5.69 Å². The van der Waals surface area contributed by atoms with Gasteiger partial charge in [-0.2, -0.15) is 9.40 Å². The maximum Gasteiger partial charge on any atom is 0.252 e. The van der Waals surface area contributed by atoms with Crippen LogP contribution in [-0.4, -0.2) is 42.0 Å². The van der Waals surface area contributed by atoms with Gasteiger partial charge in [0.15, 0.2) is 0 Å².